The molecule has 1 aromatic heterocycles. The number of nitrogens with zero attached hydrogens (tertiary/aromatic N) is 2. The maximum absolute atomic E-state index is 5.53. The summed E-state index contributed by atoms with van der Waals surface area (Å²) in [6.07, 6.45) is -0.305. The Hall–Kier alpha value is -2.12. The minimum Gasteiger partial charge on any atom is -0.493 e. The highest BCUT2D eigenvalue weighted by Gasteiger charge is 2.23. The summed E-state index contributed by atoms with van der Waals surface area (Å²) in [6, 6.07) is 5.43. The van der Waals surface area contributed by atoms with Crippen molar-refractivity contribution in [1.29, 1.82) is 0 Å². The molecule has 7 nitrogen and oxygen atoms in total. The number of methoxy groups -OCH3 is 2. The fourth-order valence-electron chi connectivity index (χ4n) is 2.09. The predicted molar refractivity (Wildman–Crippen MR) is 72.4 cm³/mol. The Balaban J connectivity index is 1.85. The van der Waals surface area contributed by atoms with Crippen molar-refractivity contribution in [3.05, 3.63) is 24.1 Å². The lowest BCUT2D eigenvalue weighted by Gasteiger charge is -2.19. The normalized spacial score (nSPS) is 18.5. The van der Waals surface area contributed by atoms with Crippen LogP contribution < -0.4 is 9.47 Å². The molecule has 0 amide bonds. The lowest BCUT2D eigenvalue weighted by atomic mass is 10.2. The van der Waals surface area contributed by atoms with Crippen LogP contribution in [0.15, 0.2) is 22.7 Å². The summed E-state index contributed by atoms with van der Waals surface area (Å²) in [4.78, 5) is 4.36. The van der Waals surface area contributed by atoms with Gasteiger partial charge in [-0.3, -0.25) is 0 Å². The fourth-order valence-corrected chi connectivity index (χ4v) is 2.09. The van der Waals surface area contributed by atoms with Gasteiger partial charge in [0.1, 0.15) is 0 Å². The van der Waals surface area contributed by atoms with Crippen LogP contribution in [0.1, 0.15) is 12.0 Å². The van der Waals surface area contributed by atoms with Crippen molar-refractivity contribution in [2.24, 2.45) is 0 Å². The van der Waals surface area contributed by atoms with Gasteiger partial charge in [0.25, 0.3) is 5.89 Å². The first-order chi connectivity index (χ1) is 10.3. The summed E-state index contributed by atoms with van der Waals surface area (Å²) in [7, 11) is 3.17. The Morgan fingerprint density at radius 3 is 2.71 bits per heavy atom. The van der Waals surface area contributed by atoms with Crippen molar-refractivity contribution in [1.82, 2.24) is 10.1 Å². The zero-order valence-corrected chi connectivity index (χ0v) is 11.9. The zero-order chi connectivity index (χ0) is 14.7. The number of ether oxygens (including phenoxy) is 4. The Bertz CT molecular complexity index is 607. The third kappa shape index (κ3) is 2.84. The predicted octanol–water partition coefficient (Wildman–Crippen LogP) is 1.84. The van der Waals surface area contributed by atoms with Gasteiger partial charge in [-0.1, -0.05) is 5.16 Å². The summed E-state index contributed by atoms with van der Waals surface area (Å²) < 4.78 is 26.6. The van der Waals surface area contributed by atoms with E-state index in [4.69, 9.17) is 23.5 Å². The molecular weight excluding hydrogens is 276 g/mol. The van der Waals surface area contributed by atoms with Crippen LogP contribution in [0.2, 0.25) is 0 Å². The van der Waals surface area contributed by atoms with Gasteiger partial charge in [0, 0.05) is 5.56 Å². The Morgan fingerprint density at radius 2 is 2.00 bits per heavy atom. The number of benzene rings is 1. The molecule has 0 saturated carbocycles. The quantitative estimate of drug-likeness (QED) is 0.851. The van der Waals surface area contributed by atoms with E-state index in [9.17, 15) is 0 Å². The average molecular weight is 292 g/mol. The van der Waals surface area contributed by atoms with Crippen molar-refractivity contribution in [2.45, 2.75) is 6.10 Å². The molecule has 1 saturated heterocycles. The van der Waals surface area contributed by atoms with Crippen LogP contribution in [0.4, 0.5) is 0 Å². The second-order valence-corrected chi connectivity index (χ2v) is 4.46. The van der Waals surface area contributed by atoms with Gasteiger partial charge in [0.05, 0.1) is 34.0 Å². The van der Waals surface area contributed by atoms with Crippen LogP contribution >= 0.6 is 0 Å². The maximum atomic E-state index is 5.53. The van der Waals surface area contributed by atoms with E-state index in [2.05, 4.69) is 10.1 Å². The van der Waals surface area contributed by atoms with Crippen LogP contribution in [0, 0.1) is 0 Å². The van der Waals surface area contributed by atoms with Crippen LogP contribution in [0.5, 0.6) is 11.5 Å². The molecule has 0 spiro atoms. The summed E-state index contributed by atoms with van der Waals surface area (Å²) in [5, 5.41) is 3.97. The van der Waals surface area contributed by atoms with Gasteiger partial charge < -0.3 is 23.5 Å². The van der Waals surface area contributed by atoms with Gasteiger partial charge in [0.2, 0.25) is 5.82 Å². The van der Waals surface area contributed by atoms with E-state index in [1.807, 2.05) is 6.07 Å². The van der Waals surface area contributed by atoms with Crippen molar-refractivity contribution in [2.75, 3.05) is 34.0 Å². The minimum absolute atomic E-state index is 0.305. The summed E-state index contributed by atoms with van der Waals surface area (Å²) in [5.74, 6) is 2.15. The lowest BCUT2D eigenvalue weighted by Crippen LogP contribution is -2.22. The third-order valence-electron chi connectivity index (χ3n) is 3.17. The Kier molecular flexibility index (Phi) is 4.03. The molecule has 0 radical (unpaired) electrons. The summed E-state index contributed by atoms with van der Waals surface area (Å²) in [5.41, 5.74) is 0.777. The maximum Gasteiger partial charge on any atom is 0.258 e. The second-order valence-electron chi connectivity index (χ2n) is 4.46. The van der Waals surface area contributed by atoms with Crippen molar-refractivity contribution < 1.29 is 23.5 Å². The molecule has 3 rings (SSSR count). The van der Waals surface area contributed by atoms with Gasteiger partial charge in [-0.15, -0.1) is 0 Å². The molecule has 1 aromatic carbocycles. The highest BCUT2D eigenvalue weighted by Crippen LogP contribution is 2.31. The van der Waals surface area contributed by atoms with E-state index in [0.29, 0.717) is 43.0 Å². The number of aromatic nitrogens is 2. The summed E-state index contributed by atoms with van der Waals surface area (Å²) >= 11 is 0. The van der Waals surface area contributed by atoms with E-state index in [0.717, 1.165) is 5.56 Å². The average Bonchev–Trinajstić information content (AvgIpc) is 3.05. The third-order valence-corrected chi connectivity index (χ3v) is 3.17. The van der Waals surface area contributed by atoms with Crippen molar-refractivity contribution in [3.63, 3.8) is 0 Å². The summed E-state index contributed by atoms with van der Waals surface area (Å²) in [6.45, 7) is 1.54. The molecule has 0 N–H and O–H groups in total. The molecule has 112 valence electrons. The second kappa shape index (κ2) is 6.11. The molecule has 21 heavy (non-hydrogen) atoms. The molecular formula is C14H16N2O5. The van der Waals surface area contributed by atoms with Crippen LogP contribution in [-0.2, 0) is 9.47 Å². The standard InChI is InChI=1S/C14H16N2O5/c1-17-10-4-3-9(7-11(10)18-2)13-15-14(21-16-13)12-8-19-5-6-20-12/h3-4,7,12H,5-6,8H2,1-2H3/t12-/m1/s1. The van der Waals surface area contributed by atoms with E-state index in [1.165, 1.54) is 0 Å². The molecule has 2 heterocycles. The molecule has 0 aliphatic carbocycles. The molecule has 1 fully saturated rings. The van der Waals surface area contributed by atoms with Gasteiger partial charge in [0.15, 0.2) is 17.6 Å². The minimum atomic E-state index is -0.305. The molecule has 1 aliphatic rings. The van der Waals surface area contributed by atoms with E-state index < -0.39 is 0 Å². The van der Waals surface area contributed by atoms with Crippen LogP contribution in [0.3, 0.4) is 0 Å². The molecule has 0 unspecified atom stereocenters. The lowest BCUT2D eigenvalue weighted by molar-refractivity contribution is -0.101. The largest absolute Gasteiger partial charge is 0.493 e. The topological polar surface area (TPSA) is 75.8 Å². The molecule has 1 aliphatic heterocycles. The molecule has 1 atom stereocenters. The number of hydrogen-bond acceptors (Lipinski definition) is 7. The van der Waals surface area contributed by atoms with E-state index in [-0.39, 0.29) is 6.10 Å². The Morgan fingerprint density at radius 1 is 1.14 bits per heavy atom. The van der Waals surface area contributed by atoms with Crippen molar-refractivity contribution >= 4 is 0 Å². The van der Waals surface area contributed by atoms with Gasteiger partial charge in [-0.2, -0.15) is 4.98 Å². The Labute approximate surface area is 121 Å². The first kappa shape index (κ1) is 13.8. The number of rotatable bonds is 4. The van der Waals surface area contributed by atoms with E-state index in [1.54, 1.807) is 26.4 Å². The van der Waals surface area contributed by atoms with Crippen LogP contribution in [-0.4, -0.2) is 44.2 Å². The first-order valence-corrected chi connectivity index (χ1v) is 6.57. The van der Waals surface area contributed by atoms with Crippen molar-refractivity contribution in [3.8, 4) is 22.9 Å². The fraction of sp³-hybridized carbons (Fsp3) is 0.429. The van der Waals surface area contributed by atoms with Gasteiger partial charge >= 0.3 is 0 Å². The zero-order valence-electron chi connectivity index (χ0n) is 11.9. The SMILES string of the molecule is COc1ccc(-c2noc([C@H]3COCCO3)n2)cc1OC. The highest BCUT2D eigenvalue weighted by atomic mass is 16.6. The van der Waals surface area contributed by atoms with E-state index >= 15 is 0 Å². The smallest absolute Gasteiger partial charge is 0.258 e. The monoisotopic (exact) mass is 292 g/mol. The van der Waals surface area contributed by atoms with Gasteiger partial charge in [-0.05, 0) is 18.2 Å². The molecule has 7 heteroatoms. The van der Waals surface area contributed by atoms with Crippen LogP contribution in [0.25, 0.3) is 11.4 Å². The molecule has 2 aromatic rings. The number of hydrogen-bond donors (Lipinski definition) is 0. The van der Waals surface area contributed by atoms with Gasteiger partial charge in [-0.25, -0.2) is 0 Å². The molecule has 0 bridgehead atoms. The highest BCUT2D eigenvalue weighted by molar-refractivity contribution is 5.60. The first-order valence-electron chi connectivity index (χ1n) is 6.57.